The van der Waals surface area contributed by atoms with Gasteiger partial charge in [-0.3, -0.25) is 0 Å². The number of rotatable bonds is 36. The molecular weight excluding hydrogens is 1890 g/mol. The van der Waals surface area contributed by atoms with E-state index in [4.69, 9.17) is 28.4 Å². The van der Waals surface area contributed by atoms with Crippen molar-refractivity contribution in [3.8, 4) is 34.5 Å². The highest BCUT2D eigenvalue weighted by atomic mass is 31.2. The fourth-order valence-electron chi connectivity index (χ4n) is 20.0. The van der Waals surface area contributed by atoms with Crippen LogP contribution in [0.4, 0.5) is 0 Å². The molecule has 0 atom stereocenters. The Labute approximate surface area is 845 Å². The lowest BCUT2D eigenvalue weighted by Gasteiger charge is -2.25. The molecule has 0 aromatic heterocycles. The van der Waals surface area contributed by atoms with Gasteiger partial charge in [0.1, 0.15) is 77.3 Å². The molecule has 0 aliphatic heterocycles. The van der Waals surface area contributed by atoms with Crippen LogP contribution in [0.5, 0.6) is 34.5 Å². The average molecular weight is 2010 g/mol. The van der Waals surface area contributed by atoms with Gasteiger partial charge in [0.25, 0.3) is 0 Å². The highest BCUT2D eigenvalue weighted by Gasteiger charge is 2.36. The van der Waals surface area contributed by atoms with E-state index in [2.05, 4.69) is 109 Å². The van der Waals surface area contributed by atoms with Crippen LogP contribution in [0.3, 0.4) is 0 Å². The van der Waals surface area contributed by atoms with Gasteiger partial charge in [0.2, 0.25) is 0 Å². The summed E-state index contributed by atoms with van der Waals surface area (Å²) in [5.41, 5.74) is 9.68. The van der Waals surface area contributed by atoms with Crippen molar-refractivity contribution in [3.05, 3.63) is 540 Å². The lowest BCUT2D eigenvalue weighted by Crippen LogP contribution is -2.22. The van der Waals surface area contributed by atoms with Gasteiger partial charge in [-0.1, -0.05) is 473 Å². The molecule has 18 aromatic rings. The van der Waals surface area contributed by atoms with Crippen LogP contribution in [-0.4, -0.2) is 76.6 Å². The van der Waals surface area contributed by atoms with Crippen molar-refractivity contribution >= 4 is 107 Å². The number of ether oxygens (including phenoxy) is 6. The fourth-order valence-corrected chi connectivity index (χ4v) is 34.8. The third kappa shape index (κ3) is 22.4. The Kier molecular flexibility index (Phi) is 31.8. The summed E-state index contributed by atoms with van der Waals surface area (Å²) in [6.45, 7) is 0.242. The Morgan fingerprint density at radius 1 is 0.125 bits per heavy atom. The second kappa shape index (κ2) is 46.2. The van der Waals surface area contributed by atoms with Gasteiger partial charge < -0.3 is 55.8 Å². The standard InChI is InChI=1S/C126H114O12P6/c127-139(109-55-13-1-14-56-109,110-57-15-2-16-58-110)85-79-133-121-97-43-37-44-98(121)92-100-46-39-48-102(123(100)135-81-87-141(129,113-63-21-5-22-64-113)114-65-23-6-24-66-114)94-104-50-41-52-106(125(104)137-83-89-143(131,117-71-29-9-30-72-117)118-73-31-10-32-74-118)96-108-54-42-53-107(126(108)138-84-90-144(132,119-75-33-11-34-76-119)120-77-35-12-36-78-120)95-105-51-40-49-103(124(105)136-82-88-142(130,115-67-25-7-26-68-115)116-69-27-8-28-70-116)93-101-47-38-45-99(91-97)122(101)134-80-86-140(128,111-59-17-3-18-60-111)112-61-19-4-20-62-112/h1-78H,79-96H2. The van der Waals surface area contributed by atoms with E-state index in [1.807, 2.05) is 364 Å². The molecular formula is C126H114O12P6. The quantitative estimate of drug-likeness (QED) is 0.0343. The largest absolute Gasteiger partial charge is 0.492 e. The first-order valence-corrected chi connectivity index (χ1v) is 60.6. The van der Waals surface area contributed by atoms with Crippen LogP contribution in [0.1, 0.15) is 66.8 Å². The van der Waals surface area contributed by atoms with Gasteiger partial charge in [-0.15, -0.1) is 0 Å². The first-order valence-electron chi connectivity index (χ1n) is 49.3. The number of fused-ring (bicyclic) bond motifs is 12. The lowest BCUT2D eigenvalue weighted by atomic mass is 9.91. The second-order valence-corrected chi connectivity index (χ2v) is 54.1. The smallest absolute Gasteiger partial charge is 0.146 e. The SMILES string of the molecule is O=P(CCOc1c2cccc1Cc1cccc(c1OCCP(=O)(c1ccccc1)c1ccccc1)Cc1cccc(c1OCCP(=O)(c1ccccc1)c1ccccc1)Cc1cccc(c1OCCP(=O)(c1ccccc1)c1ccccc1)Cc1cccc(c1OCCP(=O)(c1ccccc1)c1ccccc1)Cc1cccc(c1OCCP(=O)(c1ccccc1)c1ccccc1)C2)(c1ccccc1)c1ccccc1. The van der Waals surface area contributed by atoms with Gasteiger partial charge in [-0.05, 0) is 66.8 Å². The van der Waals surface area contributed by atoms with Crippen molar-refractivity contribution in [2.45, 2.75) is 38.5 Å². The van der Waals surface area contributed by atoms with Gasteiger partial charge in [-0.2, -0.15) is 0 Å². The van der Waals surface area contributed by atoms with Crippen LogP contribution in [0.2, 0.25) is 0 Å². The highest BCUT2D eigenvalue weighted by Crippen LogP contribution is 2.52. The van der Waals surface area contributed by atoms with Crippen LogP contribution in [0, 0.1) is 0 Å². The zero-order valence-electron chi connectivity index (χ0n) is 80.3. The Balaban J connectivity index is 0.814. The van der Waals surface area contributed by atoms with Crippen LogP contribution < -0.4 is 92.1 Å². The summed E-state index contributed by atoms with van der Waals surface area (Å²) in [5, 5.41) is 8.54. The molecule has 12 nitrogen and oxygen atoms in total. The van der Waals surface area contributed by atoms with Crippen molar-refractivity contribution in [1.82, 2.24) is 0 Å². The lowest BCUT2D eigenvalue weighted by molar-refractivity contribution is 0.327. The third-order valence-corrected chi connectivity index (χ3v) is 45.8. The van der Waals surface area contributed by atoms with Crippen LogP contribution in [-0.2, 0) is 65.9 Å². The zero-order valence-corrected chi connectivity index (χ0v) is 85.7. The summed E-state index contributed by atoms with van der Waals surface area (Å²) >= 11 is 0. The molecule has 19 rings (SSSR count). The average Bonchev–Trinajstić information content (AvgIpc) is 0.764. The molecule has 18 heteroatoms. The molecule has 0 saturated heterocycles. The van der Waals surface area contributed by atoms with E-state index in [9.17, 15) is 0 Å². The predicted octanol–water partition coefficient (Wildman–Crippen LogP) is 23.9. The van der Waals surface area contributed by atoms with Crippen molar-refractivity contribution < 1.29 is 55.8 Å². The minimum atomic E-state index is -3.39. The molecule has 0 saturated carbocycles. The Morgan fingerprint density at radius 3 is 0.306 bits per heavy atom. The van der Waals surface area contributed by atoms with Crippen LogP contribution in [0.25, 0.3) is 0 Å². The van der Waals surface area contributed by atoms with Gasteiger partial charge in [0.15, 0.2) is 0 Å². The molecule has 0 spiro atoms. The minimum Gasteiger partial charge on any atom is -0.492 e. The summed E-state index contributed by atoms with van der Waals surface area (Å²) in [6.07, 6.45) is 2.43. The van der Waals surface area contributed by atoms with E-state index >= 15 is 27.4 Å². The number of benzene rings is 18. The molecule has 0 radical (unpaired) electrons. The van der Waals surface area contributed by atoms with Crippen LogP contribution in [0.15, 0.2) is 473 Å². The van der Waals surface area contributed by atoms with Crippen molar-refractivity contribution in [2.24, 2.45) is 0 Å². The minimum absolute atomic E-state index is 0.0404. The maximum atomic E-state index is 16.3. The summed E-state index contributed by atoms with van der Waals surface area (Å²) in [4.78, 5) is 0. The Morgan fingerprint density at radius 2 is 0.215 bits per heavy atom. The molecule has 144 heavy (non-hydrogen) atoms. The molecule has 1 aliphatic rings. The molecule has 1 aliphatic carbocycles. The monoisotopic (exact) mass is 2000 g/mol. The molecule has 0 N–H and O–H groups in total. The highest BCUT2D eigenvalue weighted by molar-refractivity contribution is 7.80. The normalized spacial score (nSPS) is 12.5. The number of para-hydroxylation sites is 6. The fraction of sp³-hybridized carbons (Fsp3) is 0.143. The molecule has 0 heterocycles. The molecule has 0 amide bonds. The summed E-state index contributed by atoms with van der Waals surface area (Å²) in [7, 11) is -20.4. The third-order valence-electron chi connectivity index (χ3n) is 27.3. The van der Waals surface area contributed by atoms with Gasteiger partial charge >= 0.3 is 0 Å². The maximum absolute atomic E-state index is 16.3. The summed E-state index contributed by atoms with van der Waals surface area (Å²) in [6, 6.07) is 154. The number of hydrogen-bond donors (Lipinski definition) is 0. The zero-order chi connectivity index (χ0) is 98.4. The topological polar surface area (TPSA) is 158 Å². The molecule has 18 aromatic carbocycles. The van der Waals surface area contributed by atoms with E-state index in [1.165, 1.54) is 0 Å². The molecule has 0 fully saturated rings. The van der Waals surface area contributed by atoms with Crippen LogP contribution >= 0.6 is 42.9 Å². The van der Waals surface area contributed by atoms with Gasteiger partial charge in [0, 0.05) is 139 Å². The molecule has 0 unspecified atom stereocenters. The van der Waals surface area contributed by atoms with E-state index in [0.717, 1.165) is 66.8 Å². The molecule has 720 valence electrons. The first-order chi connectivity index (χ1) is 70.6. The summed E-state index contributed by atoms with van der Waals surface area (Å²) in [5.74, 6) is 3.47. The second-order valence-electron chi connectivity index (χ2n) is 36.4. The van der Waals surface area contributed by atoms with Crippen molar-refractivity contribution in [3.63, 3.8) is 0 Å². The molecule has 12 bridgehead atoms. The Hall–Kier alpha value is -13.9. The van der Waals surface area contributed by atoms with Gasteiger partial charge in [-0.25, -0.2) is 0 Å². The predicted molar refractivity (Wildman–Crippen MR) is 596 cm³/mol. The van der Waals surface area contributed by atoms with Crippen molar-refractivity contribution in [1.29, 1.82) is 0 Å². The first kappa shape index (κ1) is 98.9. The van der Waals surface area contributed by atoms with E-state index < -0.39 is 42.9 Å². The van der Waals surface area contributed by atoms with E-state index in [1.54, 1.807) is 0 Å². The van der Waals surface area contributed by atoms with Crippen molar-refractivity contribution in [2.75, 3.05) is 76.6 Å². The Bertz CT molecular complexity index is 6130. The number of hydrogen-bond acceptors (Lipinski definition) is 12. The van der Waals surface area contributed by atoms with E-state index in [-0.39, 0.29) is 115 Å². The van der Waals surface area contributed by atoms with Gasteiger partial charge in [0.05, 0.1) is 39.6 Å². The summed E-state index contributed by atoms with van der Waals surface area (Å²) < 4.78 is 143. The van der Waals surface area contributed by atoms with E-state index in [0.29, 0.717) is 98.2 Å². The maximum Gasteiger partial charge on any atom is 0.146 e.